The topological polar surface area (TPSA) is 78.8 Å². The van der Waals surface area contributed by atoms with E-state index in [1.807, 2.05) is 78.9 Å². The van der Waals surface area contributed by atoms with Gasteiger partial charge in [0.25, 0.3) is 0 Å². The molecule has 0 saturated heterocycles. The lowest BCUT2D eigenvalue weighted by molar-refractivity contribution is 1.15. The molecule has 3 aromatic carbocycles. The van der Waals surface area contributed by atoms with E-state index in [0.717, 1.165) is 33.2 Å². The number of hydrogen-bond acceptors (Lipinski definition) is 5. The molecular weight excluding hydrogens is 348 g/mol. The Hall–Kier alpha value is -4.06. The highest BCUT2D eigenvalue weighted by molar-refractivity contribution is 5.93. The van der Waals surface area contributed by atoms with Crippen LogP contribution in [0.25, 0.3) is 33.2 Å². The minimum atomic E-state index is 0.435. The number of rotatable bonds is 4. The first-order valence-electron chi connectivity index (χ1n) is 8.93. The van der Waals surface area contributed by atoms with Crippen LogP contribution in [-0.2, 0) is 0 Å². The lowest BCUT2D eigenvalue weighted by atomic mass is 10.1. The van der Waals surface area contributed by atoms with Crippen molar-refractivity contribution >= 4 is 34.1 Å². The van der Waals surface area contributed by atoms with Crippen molar-refractivity contribution in [3.63, 3.8) is 0 Å². The molecule has 0 bridgehead atoms. The zero-order valence-electron chi connectivity index (χ0n) is 14.9. The Morgan fingerprint density at radius 3 is 2.36 bits per heavy atom. The molecule has 0 radical (unpaired) electrons. The summed E-state index contributed by atoms with van der Waals surface area (Å²) in [4.78, 5) is 16.9. The normalized spacial score (nSPS) is 11.4. The zero-order valence-corrected chi connectivity index (χ0v) is 14.9. The summed E-state index contributed by atoms with van der Waals surface area (Å²) in [5.74, 6) is 1.10. The molecule has 0 aliphatic carbocycles. The van der Waals surface area contributed by atoms with Crippen LogP contribution in [0.15, 0.2) is 84.0 Å². The second-order valence-electron chi connectivity index (χ2n) is 6.29. The third-order valence-electron chi connectivity index (χ3n) is 4.41. The van der Waals surface area contributed by atoms with E-state index in [1.165, 1.54) is 0 Å². The quantitative estimate of drug-likeness (QED) is 0.360. The molecule has 0 atom stereocenters. The Morgan fingerprint density at radius 2 is 1.50 bits per heavy atom. The van der Waals surface area contributed by atoms with Gasteiger partial charge in [-0.1, -0.05) is 60.7 Å². The van der Waals surface area contributed by atoms with Gasteiger partial charge in [-0.2, -0.15) is 5.10 Å². The maximum Gasteiger partial charge on any atom is 0.244 e. The number of H-pyrrole nitrogens is 1. The summed E-state index contributed by atoms with van der Waals surface area (Å²) in [7, 11) is 0. The van der Waals surface area contributed by atoms with Crippen molar-refractivity contribution in [2.45, 2.75) is 0 Å². The van der Waals surface area contributed by atoms with Gasteiger partial charge in [-0.05, 0) is 18.2 Å². The van der Waals surface area contributed by atoms with Gasteiger partial charge >= 0.3 is 0 Å². The van der Waals surface area contributed by atoms with Crippen LogP contribution in [0.4, 0.5) is 5.95 Å². The largest absolute Gasteiger partial charge is 0.337 e. The van der Waals surface area contributed by atoms with Gasteiger partial charge in [-0.3, -0.25) is 0 Å². The van der Waals surface area contributed by atoms with Crippen molar-refractivity contribution in [1.82, 2.24) is 19.9 Å². The first kappa shape index (κ1) is 16.1. The van der Waals surface area contributed by atoms with Gasteiger partial charge in [0.05, 0.1) is 28.5 Å². The molecule has 0 saturated carbocycles. The molecule has 0 spiro atoms. The molecule has 0 aliphatic rings. The van der Waals surface area contributed by atoms with Gasteiger partial charge in [-0.25, -0.2) is 20.4 Å². The van der Waals surface area contributed by atoms with Gasteiger partial charge in [-0.15, -0.1) is 0 Å². The smallest absolute Gasteiger partial charge is 0.244 e. The van der Waals surface area contributed by atoms with Crippen LogP contribution in [0.3, 0.4) is 0 Å². The van der Waals surface area contributed by atoms with Gasteiger partial charge in [0.2, 0.25) is 5.95 Å². The molecule has 5 aromatic rings. The Bertz CT molecular complexity index is 1260. The fraction of sp³-hybridized carbons (Fsp3) is 0. The van der Waals surface area contributed by atoms with Crippen LogP contribution in [0.1, 0.15) is 5.82 Å². The highest BCUT2D eigenvalue weighted by atomic mass is 15.3. The lowest BCUT2D eigenvalue weighted by Crippen LogP contribution is -2.00. The number of hydrazone groups is 1. The van der Waals surface area contributed by atoms with Crippen LogP contribution in [-0.4, -0.2) is 26.2 Å². The van der Waals surface area contributed by atoms with Crippen LogP contribution in [0.5, 0.6) is 0 Å². The minimum absolute atomic E-state index is 0.435. The molecule has 2 N–H and O–H groups in total. The van der Waals surface area contributed by atoms with E-state index in [9.17, 15) is 0 Å². The average molecular weight is 364 g/mol. The lowest BCUT2D eigenvalue weighted by Gasteiger charge is -2.08. The molecule has 28 heavy (non-hydrogen) atoms. The van der Waals surface area contributed by atoms with Crippen LogP contribution in [0, 0.1) is 0 Å². The van der Waals surface area contributed by atoms with Crippen molar-refractivity contribution in [3.05, 3.63) is 84.7 Å². The van der Waals surface area contributed by atoms with E-state index in [-0.39, 0.29) is 0 Å². The zero-order chi connectivity index (χ0) is 18.8. The maximum absolute atomic E-state index is 4.68. The predicted octanol–water partition coefficient (Wildman–Crippen LogP) is 4.62. The molecule has 0 fully saturated rings. The number of para-hydroxylation sites is 3. The molecule has 0 unspecified atom stereocenters. The summed E-state index contributed by atoms with van der Waals surface area (Å²) in [5, 5.41) is 5.26. The summed E-state index contributed by atoms with van der Waals surface area (Å²) >= 11 is 0. The van der Waals surface area contributed by atoms with E-state index >= 15 is 0 Å². The van der Waals surface area contributed by atoms with Crippen LogP contribution < -0.4 is 5.43 Å². The Balaban J connectivity index is 1.49. The molecule has 6 heteroatoms. The van der Waals surface area contributed by atoms with Crippen molar-refractivity contribution in [2.75, 3.05) is 5.43 Å². The third-order valence-corrected chi connectivity index (χ3v) is 4.41. The number of benzene rings is 3. The van der Waals surface area contributed by atoms with Gasteiger partial charge < -0.3 is 4.98 Å². The first-order chi connectivity index (χ1) is 13.9. The molecule has 0 aliphatic heterocycles. The maximum atomic E-state index is 4.68. The molecule has 134 valence electrons. The summed E-state index contributed by atoms with van der Waals surface area (Å²) < 4.78 is 0. The van der Waals surface area contributed by atoms with Crippen molar-refractivity contribution in [3.8, 4) is 11.3 Å². The summed E-state index contributed by atoms with van der Waals surface area (Å²) in [6, 6.07) is 25.9. The highest BCUT2D eigenvalue weighted by Gasteiger charge is 2.09. The van der Waals surface area contributed by atoms with E-state index in [1.54, 1.807) is 6.21 Å². The molecule has 2 aromatic heterocycles. The second-order valence-corrected chi connectivity index (χ2v) is 6.29. The van der Waals surface area contributed by atoms with Gasteiger partial charge in [0.1, 0.15) is 0 Å². The Kier molecular flexibility index (Phi) is 3.99. The summed E-state index contributed by atoms with van der Waals surface area (Å²) in [5.41, 5.74) is 7.56. The Morgan fingerprint density at radius 1 is 0.750 bits per heavy atom. The predicted molar refractivity (Wildman–Crippen MR) is 112 cm³/mol. The standard InChI is InChI=1S/C22H16N6/c1-2-8-15(9-3-1)21-16-10-4-5-11-17(16)26-22(27-21)28-23-14-20-24-18-12-6-7-13-19(18)25-20/h1-14H,(H,24,25)(H,26,27,28). The van der Waals surface area contributed by atoms with E-state index < -0.39 is 0 Å². The van der Waals surface area contributed by atoms with Crippen molar-refractivity contribution < 1.29 is 0 Å². The minimum Gasteiger partial charge on any atom is -0.337 e. The summed E-state index contributed by atoms with van der Waals surface area (Å²) in [6.07, 6.45) is 1.63. The molecule has 2 heterocycles. The number of nitrogens with one attached hydrogen (secondary N) is 2. The number of nitrogens with zero attached hydrogens (tertiary/aromatic N) is 4. The number of imidazole rings is 1. The number of hydrogen-bond donors (Lipinski definition) is 2. The molecular formula is C22H16N6. The highest BCUT2D eigenvalue weighted by Crippen LogP contribution is 2.26. The SMILES string of the molecule is C(=NNc1nc(-c2ccccc2)c2ccccc2n1)c1nc2ccccc2[nH]1. The van der Waals surface area contributed by atoms with Gasteiger partial charge in [0, 0.05) is 10.9 Å². The average Bonchev–Trinajstić information content (AvgIpc) is 3.16. The second kappa shape index (κ2) is 6.92. The first-order valence-corrected chi connectivity index (χ1v) is 8.93. The van der Waals surface area contributed by atoms with E-state index in [2.05, 4.69) is 30.5 Å². The summed E-state index contributed by atoms with van der Waals surface area (Å²) in [6.45, 7) is 0. The van der Waals surface area contributed by atoms with E-state index in [4.69, 9.17) is 0 Å². The van der Waals surface area contributed by atoms with Crippen LogP contribution >= 0.6 is 0 Å². The van der Waals surface area contributed by atoms with Crippen LogP contribution in [0.2, 0.25) is 0 Å². The monoisotopic (exact) mass is 364 g/mol. The molecule has 0 amide bonds. The van der Waals surface area contributed by atoms with Gasteiger partial charge in [0.15, 0.2) is 5.82 Å². The third kappa shape index (κ3) is 3.07. The van der Waals surface area contributed by atoms with E-state index in [0.29, 0.717) is 11.8 Å². The fourth-order valence-electron chi connectivity index (χ4n) is 3.13. The van der Waals surface area contributed by atoms with Crippen molar-refractivity contribution in [2.24, 2.45) is 5.10 Å². The Labute approximate surface area is 161 Å². The molecule has 6 nitrogen and oxygen atoms in total. The fourth-order valence-corrected chi connectivity index (χ4v) is 3.13. The number of aromatic nitrogens is 4. The molecule has 5 rings (SSSR count). The number of fused-ring (bicyclic) bond motifs is 2. The number of aromatic amines is 1. The number of anilines is 1. The van der Waals surface area contributed by atoms with Crippen molar-refractivity contribution in [1.29, 1.82) is 0 Å².